The third-order valence-electron chi connectivity index (χ3n) is 1.75. The van der Waals surface area contributed by atoms with E-state index in [4.69, 9.17) is 10.6 Å². The molecule has 0 aliphatic rings. The maximum atomic E-state index is 8.64. The second-order valence-corrected chi connectivity index (χ2v) is 2.65. The Morgan fingerprint density at radius 3 is 2.85 bits per heavy atom. The van der Waals surface area contributed by atoms with Crippen LogP contribution in [0.1, 0.15) is 12.0 Å². The van der Waals surface area contributed by atoms with Gasteiger partial charge in [-0.1, -0.05) is 29.4 Å². The maximum Gasteiger partial charge on any atom is 0.0434 e. The highest BCUT2D eigenvalue weighted by Crippen LogP contribution is 2.19. The van der Waals surface area contributed by atoms with Crippen molar-refractivity contribution in [3.63, 3.8) is 0 Å². The van der Waals surface area contributed by atoms with Crippen LogP contribution in [-0.2, 0) is 6.42 Å². The standard InChI is InChI=1S/C9H11N3O/c10-12-11-9-6-2-1-4-8(9)5-3-7-13/h1-2,4,6,13H,3,5,7H2. The number of hydrogen-bond donors (Lipinski definition) is 1. The molecule has 0 amide bonds. The Morgan fingerprint density at radius 2 is 2.15 bits per heavy atom. The minimum atomic E-state index is 0.157. The second-order valence-electron chi connectivity index (χ2n) is 2.65. The fourth-order valence-electron chi connectivity index (χ4n) is 1.14. The number of rotatable bonds is 4. The first-order chi connectivity index (χ1) is 6.38. The topological polar surface area (TPSA) is 69.0 Å². The summed E-state index contributed by atoms with van der Waals surface area (Å²) in [5.41, 5.74) is 9.91. The minimum absolute atomic E-state index is 0.157. The average molecular weight is 177 g/mol. The first-order valence-corrected chi connectivity index (χ1v) is 4.12. The lowest BCUT2D eigenvalue weighted by atomic mass is 10.1. The van der Waals surface area contributed by atoms with Gasteiger partial charge in [0, 0.05) is 17.2 Å². The normalized spacial score (nSPS) is 9.31. The van der Waals surface area contributed by atoms with Crippen molar-refractivity contribution < 1.29 is 5.11 Å². The number of benzene rings is 1. The zero-order chi connectivity index (χ0) is 9.52. The van der Waals surface area contributed by atoms with Crippen LogP contribution in [-0.4, -0.2) is 11.7 Å². The monoisotopic (exact) mass is 177 g/mol. The Hall–Kier alpha value is -1.51. The van der Waals surface area contributed by atoms with Crippen molar-refractivity contribution >= 4 is 5.69 Å². The van der Waals surface area contributed by atoms with Crippen molar-refractivity contribution in [2.45, 2.75) is 12.8 Å². The van der Waals surface area contributed by atoms with E-state index in [0.717, 1.165) is 12.0 Å². The van der Waals surface area contributed by atoms with Gasteiger partial charge in [-0.05, 0) is 23.9 Å². The van der Waals surface area contributed by atoms with Crippen molar-refractivity contribution in [1.29, 1.82) is 0 Å². The van der Waals surface area contributed by atoms with Crippen molar-refractivity contribution in [2.75, 3.05) is 6.61 Å². The lowest BCUT2D eigenvalue weighted by Gasteiger charge is -2.02. The van der Waals surface area contributed by atoms with E-state index >= 15 is 0 Å². The number of aryl methyl sites for hydroxylation is 1. The predicted molar refractivity (Wildman–Crippen MR) is 50.7 cm³/mol. The SMILES string of the molecule is [N-]=[N+]=Nc1ccccc1CCCO. The highest BCUT2D eigenvalue weighted by atomic mass is 16.2. The van der Waals surface area contributed by atoms with Gasteiger partial charge in [-0.15, -0.1) is 0 Å². The van der Waals surface area contributed by atoms with Crippen LogP contribution in [0, 0.1) is 0 Å². The first-order valence-electron chi connectivity index (χ1n) is 4.12. The molecule has 68 valence electrons. The molecule has 0 unspecified atom stereocenters. The number of nitrogens with zero attached hydrogens (tertiary/aromatic N) is 3. The Morgan fingerprint density at radius 1 is 1.38 bits per heavy atom. The molecule has 0 saturated heterocycles. The summed E-state index contributed by atoms with van der Waals surface area (Å²) >= 11 is 0. The van der Waals surface area contributed by atoms with E-state index < -0.39 is 0 Å². The zero-order valence-electron chi connectivity index (χ0n) is 7.22. The smallest absolute Gasteiger partial charge is 0.0434 e. The molecular weight excluding hydrogens is 166 g/mol. The van der Waals surface area contributed by atoms with E-state index in [9.17, 15) is 0 Å². The summed E-state index contributed by atoms with van der Waals surface area (Å²) in [5, 5.41) is 12.2. The van der Waals surface area contributed by atoms with Crippen molar-refractivity contribution in [2.24, 2.45) is 5.11 Å². The van der Waals surface area contributed by atoms with Crippen LogP contribution >= 0.6 is 0 Å². The van der Waals surface area contributed by atoms with E-state index in [1.54, 1.807) is 6.07 Å². The van der Waals surface area contributed by atoms with Gasteiger partial charge in [0.2, 0.25) is 0 Å². The fourth-order valence-corrected chi connectivity index (χ4v) is 1.14. The van der Waals surface area contributed by atoms with Gasteiger partial charge in [-0.25, -0.2) is 0 Å². The molecule has 1 rings (SSSR count). The van der Waals surface area contributed by atoms with Gasteiger partial charge in [-0.3, -0.25) is 0 Å². The lowest BCUT2D eigenvalue weighted by Crippen LogP contribution is -1.89. The summed E-state index contributed by atoms with van der Waals surface area (Å²) in [6.07, 6.45) is 1.43. The highest BCUT2D eigenvalue weighted by Gasteiger charge is 1.97. The van der Waals surface area contributed by atoms with Gasteiger partial charge in [0.15, 0.2) is 0 Å². The predicted octanol–water partition coefficient (Wildman–Crippen LogP) is 2.55. The third-order valence-corrected chi connectivity index (χ3v) is 1.75. The average Bonchev–Trinajstić information content (AvgIpc) is 2.17. The van der Waals surface area contributed by atoms with Crippen LogP contribution < -0.4 is 0 Å². The third kappa shape index (κ3) is 2.78. The zero-order valence-corrected chi connectivity index (χ0v) is 7.22. The summed E-state index contributed by atoms with van der Waals surface area (Å²) in [6.45, 7) is 0.157. The molecule has 0 aliphatic carbocycles. The Balaban J connectivity index is 2.84. The molecule has 0 saturated carbocycles. The fraction of sp³-hybridized carbons (Fsp3) is 0.333. The summed E-state index contributed by atoms with van der Waals surface area (Å²) in [4.78, 5) is 2.74. The molecule has 0 heterocycles. The molecule has 13 heavy (non-hydrogen) atoms. The van der Waals surface area contributed by atoms with Gasteiger partial charge < -0.3 is 5.11 Å². The Kier molecular flexibility index (Phi) is 3.82. The van der Waals surface area contributed by atoms with Crippen molar-refractivity contribution in [1.82, 2.24) is 0 Å². The largest absolute Gasteiger partial charge is 0.396 e. The van der Waals surface area contributed by atoms with Crippen molar-refractivity contribution in [3.8, 4) is 0 Å². The Bertz CT molecular complexity index is 318. The van der Waals surface area contributed by atoms with Crippen LogP contribution in [0.2, 0.25) is 0 Å². The molecular formula is C9H11N3O. The van der Waals surface area contributed by atoms with E-state index in [1.807, 2.05) is 18.2 Å². The quantitative estimate of drug-likeness (QED) is 0.428. The summed E-state index contributed by atoms with van der Waals surface area (Å²) < 4.78 is 0. The molecule has 0 fully saturated rings. The lowest BCUT2D eigenvalue weighted by molar-refractivity contribution is 0.288. The van der Waals surface area contributed by atoms with Gasteiger partial charge >= 0.3 is 0 Å². The molecule has 0 spiro atoms. The van der Waals surface area contributed by atoms with Crippen LogP contribution in [0.25, 0.3) is 10.4 Å². The van der Waals surface area contributed by atoms with Crippen LogP contribution in [0.4, 0.5) is 5.69 Å². The van der Waals surface area contributed by atoms with E-state index in [-0.39, 0.29) is 6.61 Å². The van der Waals surface area contributed by atoms with Gasteiger partial charge in [0.05, 0.1) is 0 Å². The number of aliphatic hydroxyl groups is 1. The highest BCUT2D eigenvalue weighted by molar-refractivity contribution is 5.45. The number of hydrogen-bond acceptors (Lipinski definition) is 2. The molecule has 1 aromatic carbocycles. The summed E-state index contributed by atoms with van der Waals surface area (Å²) in [6, 6.07) is 7.39. The molecule has 0 aliphatic heterocycles. The van der Waals surface area contributed by atoms with Crippen molar-refractivity contribution in [3.05, 3.63) is 40.3 Å². The summed E-state index contributed by atoms with van der Waals surface area (Å²) in [7, 11) is 0. The van der Waals surface area contributed by atoms with Gasteiger partial charge in [0.1, 0.15) is 0 Å². The van der Waals surface area contributed by atoms with Crippen LogP contribution in [0.3, 0.4) is 0 Å². The number of azide groups is 1. The molecule has 0 atom stereocenters. The molecule has 0 bridgehead atoms. The van der Waals surface area contributed by atoms with E-state index in [0.29, 0.717) is 12.1 Å². The molecule has 1 N–H and O–H groups in total. The van der Waals surface area contributed by atoms with E-state index in [1.165, 1.54) is 0 Å². The molecule has 4 heteroatoms. The van der Waals surface area contributed by atoms with E-state index in [2.05, 4.69) is 10.0 Å². The first kappa shape index (κ1) is 9.58. The maximum absolute atomic E-state index is 8.64. The Labute approximate surface area is 76.5 Å². The molecule has 0 aromatic heterocycles. The van der Waals surface area contributed by atoms with Crippen LogP contribution in [0.5, 0.6) is 0 Å². The molecule has 4 nitrogen and oxygen atoms in total. The number of aliphatic hydroxyl groups excluding tert-OH is 1. The molecule has 1 aromatic rings. The second kappa shape index (κ2) is 5.19. The minimum Gasteiger partial charge on any atom is -0.396 e. The van der Waals surface area contributed by atoms with Gasteiger partial charge in [-0.2, -0.15) is 0 Å². The van der Waals surface area contributed by atoms with Gasteiger partial charge in [0.25, 0.3) is 0 Å². The molecule has 0 radical (unpaired) electrons. The summed E-state index contributed by atoms with van der Waals surface area (Å²) in [5.74, 6) is 0. The van der Waals surface area contributed by atoms with Crippen LogP contribution in [0.15, 0.2) is 29.4 Å².